The number of rotatable bonds is 5. The molecule has 1 N–H and O–H groups in total. The summed E-state index contributed by atoms with van der Waals surface area (Å²) in [6, 6.07) is 7.27. The van der Waals surface area contributed by atoms with E-state index >= 15 is 0 Å². The second-order valence-corrected chi connectivity index (χ2v) is 6.43. The van der Waals surface area contributed by atoms with Crippen LogP contribution in [0.15, 0.2) is 43.1 Å². The van der Waals surface area contributed by atoms with Gasteiger partial charge in [0.25, 0.3) is 0 Å². The Bertz CT molecular complexity index is 904. The van der Waals surface area contributed by atoms with Gasteiger partial charge in [0.05, 0.1) is 19.0 Å². The van der Waals surface area contributed by atoms with E-state index < -0.39 is 0 Å². The van der Waals surface area contributed by atoms with Crippen LogP contribution in [0.25, 0.3) is 5.82 Å². The number of anilines is 2. The van der Waals surface area contributed by atoms with Crippen LogP contribution >= 0.6 is 0 Å². The lowest BCUT2D eigenvalue weighted by Crippen LogP contribution is -2.38. The van der Waals surface area contributed by atoms with Crippen molar-refractivity contribution < 1.29 is 9.53 Å². The number of nitrogens with one attached hydrogen (secondary N) is 1. The zero-order chi connectivity index (χ0) is 19.3. The Balaban J connectivity index is 1.31. The fourth-order valence-corrected chi connectivity index (χ4v) is 3.13. The number of carbonyl (C=O) groups excluding carboxylic acids is 1. The van der Waals surface area contributed by atoms with E-state index in [0.717, 1.165) is 31.7 Å². The Hall–Kier alpha value is -3.56. The highest BCUT2D eigenvalue weighted by molar-refractivity contribution is 5.92. The largest absolute Gasteiger partial charge is 0.481 e. The molecular formula is C18H20N8O2. The maximum Gasteiger partial charge on any atom is 0.227 e. The molecule has 10 nitrogen and oxygen atoms in total. The van der Waals surface area contributed by atoms with Gasteiger partial charge in [-0.25, -0.2) is 14.6 Å². The van der Waals surface area contributed by atoms with Crippen LogP contribution in [0.5, 0.6) is 5.88 Å². The summed E-state index contributed by atoms with van der Waals surface area (Å²) in [5.74, 6) is 1.90. The van der Waals surface area contributed by atoms with Crippen LogP contribution in [0.3, 0.4) is 0 Å². The van der Waals surface area contributed by atoms with Gasteiger partial charge < -0.3 is 15.0 Å². The van der Waals surface area contributed by atoms with Crippen molar-refractivity contribution >= 4 is 17.4 Å². The number of ether oxygens (including phenoxy) is 1. The summed E-state index contributed by atoms with van der Waals surface area (Å²) < 4.78 is 6.58. The number of nitrogens with zero attached hydrogens (tertiary/aromatic N) is 7. The summed E-state index contributed by atoms with van der Waals surface area (Å²) in [5, 5.41) is 15.4. The first-order chi connectivity index (χ1) is 13.7. The summed E-state index contributed by atoms with van der Waals surface area (Å²) >= 11 is 0. The number of carbonyl (C=O) groups is 1. The third-order valence-corrected chi connectivity index (χ3v) is 4.69. The van der Waals surface area contributed by atoms with Crippen LogP contribution < -0.4 is 15.0 Å². The Kier molecular flexibility index (Phi) is 5.09. The summed E-state index contributed by atoms with van der Waals surface area (Å²) in [6.07, 6.45) is 6.13. The van der Waals surface area contributed by atoms with E-state index in [4.69, 9.17) is 4.74 Å². The number of hydrogen-bond acceptors (Lipinski definition) is 8. The van der Waals surface area contributed by atoms with E-state index in [1.807, 2.05) is 12.1 Å². The lowest BCUT2D eigenvalue weighted by Gasteiger charge is -2.31. The molecule has 1 fully saturated rings. The van der Waals surface area contributed by atoms with Crippen LogP contribution in [-0.4, -0.2) is 56.1 Å². The maximum atomic E-state index is 12.5. The molecule has 4 heterocycles. The van der Waals surface area contributed by atoms with Crippen LogP contribution in [0, 0.1) is 5.92 Å². The average Bonchev–Trinajstić information content (AvgIpc) is 3.29. The molecule has 3 aromatic heterocycles. The topological polar surface area (TPSA) is 111 Å². The molecule has 0 spiro atoms. The van der Waals surface area contributed by atoms with Crippen LogP contribution in [0.4, 0.5) is 11.5 Å². The highest BCUT2D eigenvalue weighted by atomic mass is 16.5. The van der Waals surface area contributed by atoms with E-state index in [-0.39, 0.29) is 11.8 Å². The standard InChI is InChI=1S/C18H20N8O2/c1-28-17-5-2-14(10-20-17)22-18(27)13-6-8-25(9-7-13)15-3-4-16(24-23-15)26-12-19-11-21-26/h2-5,10-13H,6-9H2,1H3,(H,22,27). The number of piperidine rings is 1. The summed E-state index contributed by atoms with van der Waals surface area (Å²) in [4.78, 5) is 22.6. The summed E-state index contributed by atoms with van der Waals surface area (Å²) in [7, 11) is 1.56. The lowest BCUT2D eigenvalue weighted by atomic mass is 9.96. The first-order valence-electron chi connectivity index (χ1n) is 8.97. The lowest BCUT2D eigenvalue weighted by molar-refractivity contribution is -0.120. The monoisotopic (exact) mass is 380 g/mol. The molecule has 1 aliphatic heterocycles. The number of pyridine rings is 1. The minimum absolute atomic E-state index is 0.0132. The number of hydrogen-bond donors (Lipinski definition) is 1. The summed E-state index contributed by atoms with van der Waals surface area (Å²) in [5.41, 5.74) is 0.669. The van der Waals surface area contributed by atoms with Crippen molar-refractivity contribution in [2.45, 2.75) is 12.8 Å². The molecule has 0 unspecified atom stereocenters. The minimum atomic E-state index is -0.0410. The predicted octanol–water partition coefficient (Wildman–Crippen LogP) is 1.32. The zero-order valence-electron chi connectivity index (χ0n) is 15.4. The van der Waals surface area contributed by atoms with Crippen LogP contribution in [-0.2, 0) is 4.79 Å². The van der Waals surface area contributed by atoms with E-state index in [1.54, 1.807) is 36.4 Å². The van der Waals surface area contributed by atoms with E-state index in [0.29, 0.717) is 17.4 Å². The first-order valence-corrected chi connectivity index (χ1v) is 8.97. The molecule has 0 saturated carbocycles. The third-order valence-electron chi connectivity index (χ3n) is 4.69. The zero-order valence-corrected chi connectivity index (χ0v) is 15.4. The molecule has 3 aromatic rings. The van der Waals surface area contributed by atoms with E-state index in [1.165, 1.54) is 6.33 Å². The van der Waals surface area contributed by atoms with Crippen LogP contribution in [0.2, 0.25) is 0 Å². The minimum Gasteiger partial charge on any atom is -0.481 e. The van der Waals surface area contributed by atoms with Crippen molar-refractivity contribution in [2.24, 2.45) is 5.92 Å². The van der Waals surface area contributed by atoms with Gasteiger partial charge in [0.15, 0.2) is 11.6 Å². The van der Waals surface area contributed by atoms with E-state index in [2.05, 4.69) is 35.5 Å². The van der Waals surface area contributed by atoms with Crippen molar-refractivity contribution in [3.8, 4) is 11.7 Å². The quantitative estimate of drug-likeness (QED) is 0.705. The molecule has 144 valence electrons. The normalized spacial score (nSPS) is 14.7. The maximum absolute atomic E-state index is 12.5. The smallest absolute Gasteiger partial charge is 0.227 e. The Morgan fingerprint density at radius 2 is 1.93 bits per heavy atom. The molecule has 0 aliphatic carbocycles. The number of aromatic nitrogens is 6. The highest BCUT2D eigenvalue weighted by Crippen LogP contribution is 2.23. The van der Waals surface area contributed by atoms with Gasteiger partial charge in [-0.1, -0.05) is 0 Å². The third kappa shape index (κ3) is 3.90. The highest BCUT2D eigenvalue weighted by Gasteiger charge is 2.26. The van der Waals surface area contributed by atoms with Gasteiger partial charge in [-0.3, -0.25) is 4.79 Å². The second-order valence-electron chi connectivity index (χ2n) is 6.43. The van der Waals surface area contributed by atoms with Gasteiger partial charge in [-0.05, 0) is 31.0 Å². The molecule has 0 bridgehead atoms. The van der Waals surface area contributed by atoms with Crippen LogP contribution in [0.1, 0.15) is 12.8 Å². The van der Waals surface area contributed by atoms with Crippen molar-refractivity contribution in [1.82, 2.24) is 29.9 Å². The molecule has 4 rings (SSSR count). The van der Waals surface area contributed by atoms with Gasteiger partial charge >= 0.3 is 0 Å². The molecule has 10 heteroatoms. The molecule has 1 saturated heterocycles. The molecule has 0 aromatic carbocycles. The Morgan fingerprint density at radius 3 is 2.54 bits per heavy atom. The van der Waals surface area contributed by atoms with E-state index in [9.17, 15) is 4.79 Å². The predicted molar refractivity (Wildman–Crippen MR) is 101 cm³/mol. The average molecular weight is 380 g/mol. The van der Waals surface area contributed by atoms with Gasteiger partial charge in [0.2, 0.25) is 11.8 Å². The number of amides is 1. The second kappa shape index (κ2) is 7.99. The van der Waals surface area contributed by atoms with Gasteiger partial charge in [0.1, 0.15) is 12.7 Å². The van der Waals surface area contributed by atoms with Crippen molar-refractivity contribution in [2.75, 3.05) is 30.4 Å². The molecule has 1 amide bonds. The SMILES string of the molecule is COc1ccc(NC(=O)C2CCN(c3ccc(-n4cncn4)nn3)CC2)cn1. The number of methoxy groups -OCH3 is 1. The van der Waals surface area contributed by atoms with Gasteiger partial charge in [-0.15, -0.1) is 10.2 Å². The Morgan fingerprint density at radius 1 is 1.14 bits per heavy atom. The fraction of sp³-hybridized carbons (Fsp3) is 0.333. The molecule has 0 atom stereocenters. The van der Waals surface area contributed by atoms with Crippen molar-refractivity contribution in [1.29, 1.82) is 0 Å². The van der Waals surface area contributed by atoms with Gasteiger partial charge in [0, 0.05) is 25.1 Å². The molecule has 0 radical (unpaired) electrons. The molecular weight excluding hydrogens is 360 g/mol. The van der Waals surface area contributed by atoms with Crippen molar-refractivity contribution in [3.05, 3.63) is 43.1 Å². The van der Waals surface area contributed by atoms with Crippen molar-refractivity contribution in [3.63, 3.8) is 0 Å². The Labute approximate surface area is 161 Å². The molecule has 1 aliphatic rings. The summed E-state index contributed by atoms with van der Waals surface area (Å²) in [6.45, 7) is 1.49. The fourth-order valence-electron chi connectivity index (χ4n) is 3.13. The molecule has 28 heavy (non-hydrogen) atoms. The van der Waals surface area contributed by atoms with Gasteiger partial charge in [-0.2, -0.15) is 5.10 Å². The first kappa shape index (κ1) is 17.8.